The second kappa shape index (κ2) is 8.19. The van der Waals surface area contributed by atoms with Gasteiger partial charge in [-0.1, -0.05) is 18.6 Å². The van der Waals surface area contributed by atoms with Crippen molar-refractivity contribution in [3.8, 4) is 11.4 Å². The molecule has 0 saturated carbocycles. The second-order valence-corrected chi connectivity index (χ2v) is 7.82. The van der Waals surface area contributed by atoms with Gasteiger partial charge in [0.25, 0.3) is 5.91 Å². The van der Waals surface area contributed by atoms with Crippen LogP contribution in [0.1, 0.15) is 36.5 Å². The summed E-state index contributed by atoms with van der Waals surface area (Å²) < 4.78 is 0. The smallest absolute Gasteiger partial charge is 0.253 e. The molecule has 1 aromatic heterocycles. The van der Waals surface area contributed by atoms with E-state index in [2.05, 4.69) is 15.3 Å². The van der Waals surface area contributed by atoms with Crippen molar-refractivity contribution in [3.63, 3.8) is 0 Å². The van der Waals surface area contributed by atoms with Gasteiger partial charge >= 0.3 is 0 Å². The number of benzene rings is 1. The van der Waals surface area contributed by atoms with E-state index in [1.807, 2.05) is 54.1 Å². The van der Waals surface area contributed by atoms with E-state index in [9.17, 15) is 9.59 Å². The first-order valence-corrected chi connectivity index (χ1v) is 10.3. The Morgan fingerprint density at radius 1 is 1.24 bits per heavy atom. The highest BCUT2D eigenvalue weighted by Crippen LogP contribution is 2.28. The maximum absolute atomic E-state index is 13.3. The van der Waals surface area contributed by atoms with Crippen LogP contribution in [-0.4, -0.2) is 64.3 Å². The summed E-state index contributed by atoms with van der Waals surface area (Å²) >= 11 is 0. The third-order valence-electron chi connectivity index (χ3n) is 5.87. The molecule has 4 rings (SSSR count). The van der Waals surface area contributed by atoms with Gasteiger partial charge in [0, 0.05) is 50.0 Å². The number of carbonyl (C=O) groups is 2. The molecule has 7 heteroatoms. The minimum absolute atomic E-state index is 0.0327. The van der Waals surface area contributed by atoms with Crippen molar-refractivity contribution < 1.29 is 9.59 Å². The molecule has 0 spiro atoms. The first-order valence-electron chi connectivity index (χ1n) is 10.3. The lowest BCUT2D eigenvalue weighted by Gasteiger charge is -2.29. The molecule has 1 aromatic carbocycles. The Morgan fingerprint density at radius 3 is 2.93 bits per heavy atom. The molecule has 2 aliphatic heterocycles. The van der Waals surface area contributed by atoms with Crippen LogP contribution in [0.15, 0.2) is 36.5 Å². The maximum Gasteiger partial charge on any atom is 0.253 e. The zero-order valence-corrected chi connectivity index (χ0v) is 17.0. The van der Waals surface area contributed by atoms with E-state index in [1.54, 1.807) is 6.20 Å². The van der Waals surface area contributed by atoms with E-state index in [-0.39, 0.29) is 23.8 Å². The van der Waals surface area contributed by atoms with Crippen molar-refractivity contribution in [2.75, 3.05) is 32.0 Å². The lowest BCUT2D eigenvalue weighted by Crippen LogP contribution is -2.42. The largest absolute Gasteiger partial charge is 0.370 e. The average Bonchev–Trinajstić information content (AvgIpc) is 2.92. The van der Waals surface area contributed by atoms with Crippen LogP contribution in [0.2, 0.25) is 0 Å². The van der Waals surface area contributed by atoms with E-state index < -0.39 is 0 Å². The fourth-order valence-electron chi connectivity index (χ4n) is 4.28. The van der Waals surface area contributed by atoms with Gasteiger partial charge in [-0.3, -0.25) is 9.59 Å². The zero-order valence-electron chi connectivity index (χ0n) is 17.0. The molecule has 2 aromatic rings. The van der Waals surface area contributed by atoms with Gasteiger partial charge in [-0.05, 0) is 38.0 Å². The summed E-state index contributed by atoms with van der Waals surface area (Å²) in [5.74, 6) is 1.39. The normalized spacial score (nSPS) is 21.7. The van der Waals surface area contributed by atoms with E-state index in [0.29, 0.717) is 24.5 Å². The van der Waals surface area contributed by atoms with Gasteiger partial charge in [0.1, 0.15) is 5.82 Å². The summed E-state index contributed by atoms with van der Waals surface area (Å²) in [6.45, 7) is 3.88. The summed E-state index contributed by atoms with van der Waals surface area (Å²) in [7, 11) is 1.87. The summed E-state index contributed by atoms with van der Waals surface area (Å²) in [6.07, 6.45) is 4.57. The van der Waals surface area contributed by atoms with Crippen LogP contribution in [0, 0.1) is 5.92 Å². The number of hydrogen-bond donors (Lipinski definition) is 1. The Morgan fingerprint density at radius 2 is 2.10 bits per heavy atom. The Balaban J connectivity index is 1.59. The topological polar surface area (TPSA) is 78.4 Å². The van der Waals surface area contributed by atoms with E-state index in [0.717, 1.165) is 37.2 Å². The molecular formula is C22H27N5O2. The van der Waals surface area contributed by atoms with Crippen molar-refractivity contribution in [1.82, 2.24) is 19.8 Å². The predicted molar refractivity (Wildman–Crippen MR) is 111 cm³/mol. The van der Waals surface area contributed by atoms with Crippen molar-refractivity contribution >= 4 is 17.6 Å². The molecule has 29 heavy (non-hydrogen) atoms. The van der Waals surface area contributed by atoms with Gasteiger partial charge in [0.05, 0.1) is 5.92 Å². The Labute approximate surface area is 171 Å². The second-order valence-electron chi connectivity index (χ2n) is 7.82. The third kappa shape index (κ3) is 3.95. The molecule has 152 valence electrons. The van der Waals surface area contributed by atoms with Gasteiger partial charge < -0.3 is 15.1 Å². The molecule has 2 bridgehead atoms. The molecule has 2 aliphatic rings. The highest BCUT2D eigenvalue weighted by Gasteiger charge is 2.38. The number of nitrogens with one attached hydrogen (secondary N) is 1. The first kappa shape index (κ1) is 19.4. The number of amides is 2. The van der Waals surface area contributed by atoms with Crippen LogP contribution in [0.3, 0.4) is 0 Å². The Kier molecular flexibility index (Phi) is 5.47. The molecule has 2 amide bonds. The molecule has 0 aliphatic carbocycles. The lowest BCUT2D eigenvalue weighted by molar-refractivity contribution is -0.134. The molecule has 2 saturated heterocycles. The number of carbonyl (C=O) groups excluding carboxylic acids is 2. The number of nitrogens with zero attached hydrogens (tertiary/aromatic N) is 4. The number of likely N-dealkylation sites (N-methyl/N-ethyl adjacent to an activating group) is 1. The SMILES string of the molecule is CCNc1ccnc(-c2cccc(C(=O)N3C[C@H]4CCC[C@@H](C3)N(C)C4=O)c2)n1. The minimum atomic E-state index is -0.0974. The number of hydrogen-bond acceptors (Lipinski definition) is 5. The van der Waals surface area contributed by atoms with Crippen molar-refractivity contribution in [3.05, 3.63) is 42.1 Å². The van der Waals surface area contributed by atoms with E-state index >= 15 is 0 Å². The molecule has 1 N–H and O–H groups in total. The summed E-state index contributed by atoms with van der Waals surface area (Å²) in [6, 6.07) is 9.37. The monoisotopic (exact) mass is 393 g/mol. The van der Waals surface area contributed by atoms with Gasteiger partial charge in [0.2, 0.25) is 5.91 Å². The van der Waals surface area contributed by atoms with Crippen molar-refractivity contribution in [1.29, 1.82) is 0 Å². The summed E-state index contributed by atoms with van der Waals surface area (Å²) in [5.41, 5.74) is 1.41. The van der Waals surface area contributed by atoms with Crippen LogP contribution in [0.4, 0.5) is 5.82 Å². The summed E-state index contributed by atoms with van der Waals surface area (Å²) in [5, 5.41) is 3.18. The molecule has 0 radical (unpaired) electrons. The highest BCUT2D eigenvalue weighted by atomic mass is 16.2. The van der Waals surface area contributed by atoms with E-state index in [4.69, 9.17) is 0 Å². The van der Waals surface area contributed by atoms with Crippen LogP contribution in [0.5, 0.6) is 0 Å². The van der Waals surface area contributed by atoms with Gasteiger partial charge in [-0.15, -0.1) is 0 Å². The molecule has 7 nitrogen and oxygen atoms in total. The van der Waals surface area contributed by atoms with Gasteiger partial charge in [-0.25, -0.2) is 9.97 Å². The predicted octanol–water partition coefficient (Wildman–Crippen LogP) is 2.66. The molecular weight excluding hydrogens is 366 g/mol. The van der Waals surface area contributed by atoms with Crippen LogP contribution in [-0.2, 0) is 4.79 Å². The molecule has 2 atom stereocenters. The minimum Gasteiger partial charge on any atom is -0.370 e. The maximum atomic E-state index is 13.3. The lowest BCUT2D eigenvalue weighted by atomic mass is 9.98. The Hall–Kier alpha value is -2.96. The van der Waals surface area contributed by atoms with Crippen molar-refractivity contribution in [2.24, 2.45) is 5.92 Å². The van der Waals surface area contributed by atoms with Crippen LogP contribution >= 0.6 is 0 Å². The quantitative estimate of drug-likeness (QED) is 0.864. The third-order valence-corrected chi connectivity index (χ3v) is 5.87. The first-order chi connectivity index (χ1) is 14.1. The number of aromatic nitrogens is 2. The molecule has 0 unspecified atom stereocenters. The number of fused-ring (bicyclic) bond motifs is 3. The fraction of sp³-hybridized carbons (Fsp3) is 0.455. The standard InChI is InChI=1S/C22H27N5O2/c1-3-23-19-10-11-24-20(25-19)15-6-4-7-16(12-15)22(29)27-13-17-8-5-9-18(14-27)26(2)21(17)28/h4,6-7,10-12,17-18H,3,5,8-9,13-14H2,1-2H3,(H,23,24,25)/t17-,18+/m1/s1. The van der Waals surface area contributed by atoms with Gasteiger partial charge in [0.15, 0.2) is 5.82 Å². The van der Waals surface area contributed by atoms with Gasteiger partial charge in [-0.2, -0.15) is 0 Å². The van der Waals surface area contributed by atoms with Crippen molar-refractivity contribution in [2.45, 2.75) is 32.2 Å². The van der Waals surface area contributed by atoms with E-state index in [1.165, 1.54) is 0 Å². The Bertz CT molecular complexity index is 916. The van der Waals surface area contributed by atoms with Crippen LogP contribution in [0.25, 0.3) is 11.4 Å². The average molecular weight is 393 g/mol. The highest BCUT2D eigenvalue weighted by molar-refractivity contribution is 5.96. The fourth-order valence-corrected chi connectivity index (χ4v) is 4.28. The molecule has 3 heterocycles. The number of anilines is 1. The zero-order chi connectivity index (χ0) is 20.4. The summed E-state index contributed by atoms with van der Waals surface area (Å²) in [4.78, 5) is 38.5. The molecule has 2 fully saturated rings. The van der Waals surface area contributed by atoms with Crippen LogP contribution < -0.4 is 5.32 Å². The number of likely N-dealkylation sites (tertiary alicyclic amines) is 1. The number of rotatable bonds is 4.